The van der Waals surface area contributed by atoms with Crippen LogP contribution in [0.25, 0.3) is 0 Å². The van der Waals surface area contributed by atoms with E-state index >= 15 is 0 Å². The fourth-order valence-corrected chi connectivity index (χ4v) is 3.25. The van der Waals surface area contributed by atoms with Gasteiger partial charge in [-0.2, -0.15) is 0 Å². The molecule has 5 nitrogen and oxygen atoms in total. The number of phenols is 1. The minimum absolute atomic E-state index is 0.00184. The second kappa shape index (κ2) is 6.97. The van der Waals surface area contributed by atoms with Gasteiger partial charge in [-0.3, -0.25) is 9.59 Å². The quantitative estimate of drug-likeness (QED) is 0.837. The zero-order chi connectivity index (χ0) is 18.0. The summed E-state index contributed by atoms with van der Waals surface area (Å²) in [6.07, 6.45) is 0.351. The molecule has 2 amide bonds. The molecule has 1 heterocycles. The number of carbonyl (C=O) groups is 2. The first-order valence-corrected chi connectivity index (χ1v) is 8.50. The first-order chi connectivity index (χ1) is 12.0. The molecule has 1 fully saturated rings. The third-order valence-electron chi connectivity index (χ3n) is 4.59. The molecular formula is C20H22N2O3. The highest BCUT2D eigenvalue weighted by Crippen LogP contribution is 2.40. The zero-order valence-corrected chi connectivity index (χ0v) is 14.4. The Hall–Kier alpha value is -2.82. The number of amides is 2. The first kappa shape index (κ1) is 17.0. The van der Waals surface area contributed by atoms with Crippen LogP contribution in [0, 0.1) is 5.92 Å². The Morgan fingerprint density at radius 3 is 2.56 bits per heavy atom. The number of rotatable bonds is 4. The highest BCUT2D eigenvalue weighted by Gasteiger charge is 2.40. The number of likely N-dealkylation sites (tertiary alicyclic amines) is 1. The van der Waals surface area contributed by atoms with Crippen molar-refractivity contribution >= 4 is 17.5 Å². The van der Waals surface area contributed by atoms with Crippen LogP contribution in [0.4, 0.5) is 5.69 Å². The van der Waals surface area contributed by atoms with Crippen LogP contribution >= 0.6 is 0 Å². The van der Waals surface area contributed by atoms with E-state index in [-0.39, 0.29) is 29.2 Å². The highest BCUT2D eigenvalue weighted by atomic mass is 16.3. The molecule has 0 unspecified atom stereocenters. The van der Waals surface area contributed by atoms with Gasteiger partial charge in [0.2, 0.25) is 5.91 Å². The van der Waals surface area contributed by atoms with Gasteiger partial charge in [-0.1, -0.05) is 44.2 Å². The molecule has 0 saturated carbocycles. The van der Waals surface area contributed by atoms with Gasteiger partial charge >= 0.3 is 0 Å². The van der Waals surface area contributed by atoms with Crippen LogP contribution in [0.1, 0.15) is 42.2 Å². The summed E-state index contributed by atoms with van der Waals surface area (Å²) in [7, 11) is 0. The summed E-state index contributed by atoms with van der Waals surface area (Å²) in [5.41, 5.74) is 1.81. The second-order valence-corrected chi connectivity index (χ2v) is 6.42. The lowest BCUT2D eigenvalue weighted by Gasteiger charge is -2.47. The van der Waals surface area contributed by atoms with Gasteiger partial charge in [0.05, 0.1) is 11.6 Å². The van der Waals surface area contributed by atoms with Crippen LogP contribution < -0.4 is 5.32 Å². The van der Waals surface area contributed by atoms with Crippen molar-refractivity contribution in [2.24, 2.45) is 5.92 Å². The molecule has 0 aromatic heterocycles. The predicted molar refractivity (Wildman–Crippen MR) is 96.4 cm³/mol. The van der Waals surface area contributed by atoms with Crippen LogP contribution in [0.15, 0.2) is 48.5 Å². The van der Waals surface area contributed by atoms with Gasteiger partial charge in [-0.25, -0.2) is 0 Å². The summed E-state index contributed by atoms with van der Waals surface area (Å²) in [5, 5.41) is 12.8. The van der Waals surface area contributed by atoms with Crippen molar-refractivity contribution in [1.82, 2.24) is 4.90 Å². The number of aromatic hydroxyl groups is 1. The number of anilines is 1. The van der Waals surface area contributed by atoms with E-state index in [2.05, 4.69) is 12.2 Å². The maximum Gasteiger partial charge on any atom is 0.258 e. The molecule has 25 heavy (non-hydrogen) atoms. The van der Waals surface area contributed by atoms with E-state index in [1.165, 1.54) is 12.1 Å². The molecule has 130 valence electrons. The summed E-state index contributed by atoms with van der Waals surface area (Å²) in [6.45, 7) is 4.51. The number of carbonyl (C=O) groups excluding carboxylic acids is 2. The molecule has 0 bridgehead atoms. The van der Waals surface area contributed by atoms with Crippen molar-refractivity contribution in [3.63, 3.8) is 0 Å². The number of nitrogens with zero attached hydrogens (tertiary/aromatic N) is 1. The van der Waals surface area contributed by atoms with Crippen molar-refractivity contribution in [3.05, 3.63) is 59.7 Å². The average molecular weight is 338 g/mol. The number of hydrogen-bond acceptors (Lipinski definition) is 3. The number of nitrogens with one attached hydrogen (secondary N) is 1. The van der Waals surface area contributed by atoms with Crippen LogP contribution in [-0.2, 0) is 4.79 Å². The van der Waals surface area contributed by atoms with E-state index < -0.39 is 0 Å². The molecule has 0 aliphatic carbocycles. The maximum absolute atomic E-state index is 12.9. The molecule has 2 N–H and O–H groups in total. The van der Waals surface area contributed by atoms with E-state index in [0.29, 0.717) is 24.6 Å². The molecule has 2 atom stereocenters. The van der Waals surface area contributed by atoms with Crippen molar-refractivity contribution in [3.8, 4) is 5.75 Å². The molecule has 0 spiro atoms. The standard InChI is InChI=1S/C20H22N2O3/c1-3-18(24)21-15-9-10-17(23)16(11-15)20(25)22-12-13(2)19(22)14-7-5-4-6-8-14/h4-11,13,19,23H,3,12H2,1-2H3,(H,21,24)/t13-,19-/m1/s1. The molecule has 2 aromatic rings. The molecule has 0 radical (unpaired) electrons. The van der Waals surface area contributed by atoms with E-state index in [4.69, 9.17) is 0 Å². The molecule has 2 aromatic carbocycles. The Labute approximate surface area is 147 Å². The minimum Gasteiger partial charge on any atom is -0.507 e. The Morgan fingerprint density at radius 2 is 1.92 bits per heavy atom. The maximum atomic E-state index is 12.9. The van der Waals surface area contributed by atoms with Crippen molar-refractivity contribution in [2.75, 3.05) is 11.9 Å². The smallest absolute Gasteiger partial charge is 0.258 e. The first-order valence-electron chi connectivity index (χ1n) is 8.50. The van der Waals surface area contributed by atoms with Gasteiger partial charge < -0.3 is 15.3 Å². The second-order valence-electron chi connectivity index (χ2n) is 6.42. The summed E-state index contributed by atoms with van der Waals surface area (Å²) in [4.78, 5) is 26.3. The molecule has 1 aliphatic rings. The van der Waals surface area contributed by atoms with Gasteiger partial charge in [0.1, 0.15) is 5.75 Å². The summed E-state index contributed by atoms with van der Waals surface area (Å²) >= 11 is 0. The van der Waals surface area contributed by atoms with Gasteiger partial charge in [-0.15, -0.1) is 0 Å². The van der Waals surface area contributed by atoms with E-state index in [9.17, 15) is 14.7 Å². The average Bonchev–Trinajstić information content (AvgIpc) is 2.61. The van der Waals surface area contributed by atoms with E-state index in [1.807, 2.05) is 30.3 Å². The highest BCUT2D eigenvalue weighted by molar-refractivity contribution is 6.00. The van der Waals surface area contributed by atoms with Crippen molar-refractivity contribution in [2.45, 2.75) is 26.3 Å². The third kappa shape index (κ3) is 3.36. The lowest BCUT2D eigenvalue weighted by Crippen LogP contribution is -2.51. The van der Waals surface area contributed by atoms with Crippen LogP contribution in [0.5, 0.6) is 5.75 Å². The Balaban J connectivity index is 1.85. The summed E-state index contributed by atoms with van der Waals surface area (Å²) in [6, 6.07) is 14.5. The van der Waals surface area contributed by atoms with Crippen molar-refractivity contribution < 1.29 is 14.7 Å². The van der Waals surface area contributed by atoms with Gasteiger partial charge in [-0.05, 0) is 29.7 Å². The van der Waals surface area contributed by atoms with Crippen LogP contribution in [-0.4, -0.2) is 28.4 Å². The summed E-state index contributed by atoms with van der Waals surface area (Å²) < 4.78 is 0. The third-order valence-corrected chi connectivity index (χ3v) is 4.59. The lowest BCUT2D eigenvalue weighted by molar-refractivity contribution is -0.115. The monoisotopic (exact) mass is 338 g/mol. The predicted octanol–water partition coefficient (Wildman–Crippen LogP) is 3.57. The fourth-order valence-electron chi connectivity index (χ4n) is 3.25. The Bertz CT molecular complexity index is 789. The molecular weight excluding hydrogens is 316 g/mol. The van der Waals surface area contributed by atoms with E-state index in [1.54, 1.807) is 17.9 Å². The lowest BCUT2D eigenvalue weighted by atomic mass is 9.84. The molecule has 5 heteroatoms. The van der Waals surface area contributed by atoms with Gasteiger partial charge in [0.15, 0.2) is 0 Å². The zero-order valence-electron chi connectivity index (χ0n) is 14.4. The molecule has 1 aliphatic heterocycles. The summed E-state index contributed by atoms with van der Waals surface area (Å²) in [5.74, 6) is -0.0804. The van der Waals surface area contributed by atoms with Crippen LogP contribution in [0.2, 0.25) is 0 Å². The fraction of sp³-hybridized carbons (Fsp3) is 0.300. The number of hydrogen-bond donors (Lipinski definition) is 2. The van der Waals surface area contributed by atoms with Gasteiger partial charge in [0, 0.05) is 18.7 Å². The van der Waals surface area contributed by atoms with Crippen LogP contribution in [0.3, 0.4) is 0 Å². The number of benzene rings is 2. The SMILES string of the molecule is CCC(=O)Nc1ccc(O)c(C(=O)N2C[C@@H](C)[C@@H]2c2ccccc2)c1. The topological polar surface area (TPSA) is 69.6 Å². The van der Waals surface area contributed by atoms with Crippen molar-refractivity contribution in [1.29, 1.82) is 0 Å². The normalized spacial score (nSPS) is 19.2. The molecule has 3 rings (SSSR count). The Morgan fingerprint density at radius 1 is 1.20 bits per heavy atom. The largest absolute Gasteiger partial charge is 0.507 e. The minimum atomic E-state index is -0.225. The van der Waals surface area contributed by atoms with E-state index in [0.717, 1.165) is 5.56 Å². The van der Waals surface area contributed by atoms with Gasteiger partial charge in [0.25, 0.3) is 5.91 Å². The number of phenolic OH excluding ortho intramolecular Hbond substituents is 1. The molecule has 1 saturated heterocycles. The Kier molecular flexibility index (Phi) is 4.74.